The van der Waals surface area contributed by atoms with Gasteiger partial charge in [-0.25, -0.2) is 18.1 Å². The van der Waals surface area contributed by atoms with Crippen LogP contribution in [0.2, 0.25) is 5.02 Å². The van der Waals surface area contributed by atoms with Gasteiger partial charge in [0.05, 0.1) is 27.6 Å². The summed E-state index contributed by atoms with van der Waals surface area (Å²) in [5, 5.41) is 17.2. The third kappa shape index (κ3) is 10.6. The molecule has 1 amide bonds. The highest BCUT2D eigenvalue weighted by Gasteiger charge is 2.34. The molecule has 0 bridgehead atoms. The molecule has 3 N–H and O–H groups in total. The molecule has 2 fully saturated rings. The number of halogens is 1. The van der Waals surface area contributed by atoms with Crippen LogP contribution in [0.3, 0.4) is 0 Å². The number of sulfonamides is 1. The third-order valence-corrected chi connectivity index (χ3v) is 15.3. The SMILES string of the molecule is C[C@@H]1CN(CC[C@@H]2COc3cc(S(=O)(=O)NC(=O)c4ccc(N5CCN(CC6=C(c7ccc(Cl)cc7)CC(C)(C)CC6)CC5)cc4Oc4cnc5[nH]ccc5c4)cc([N+](=O)[O-])c3N2)CCN1C. The summed E-state index contributed by atoms with van der Waals surface area (Å²) in [7, 11) is -2.54. The molecule has 5 aromatic rings. The molecule has 0 saturated carbocycles. The fraction of sp³-hybridized carbons (Fsp3) is 0.429. The number of carbonyl (C=O) groups is 1. The maximum absolute atomic E-state index is 14.1. The molecule has 16 nitrogen and oxygen atoms in total. The zero-order chi connectivity index (χ0) is 47.0. The van der Waals surface area contributed by atoms with Crippen LogP contribution in [0.25, 0.3) is 16.6 Å². The fourth-order valence-electron chi connectivity index (χ4n) is 9.61. The van der Waals surface area contributed by atoms with Crippen molar-refractivity contribution in [1.82, 2.24) is 29.4 Å². The molecule has 9 rings (SSSR count). The van der Waals surface area contributed by atoms with Gasteiger partial charge in [0.1, 0.15) is 23.8 Å². The highest BCUT2D eigenvalue weighted by molar-refractivity contribution is 7.90. The van der Waals surface area contributed by atoms with Crippen molar-refractivity contribution in [1.29, 1.82) is 0 Å². The van der Waals surface area contributed by atoms with E-state index in [4.69, 9.17) is 21.1 Å². The first-order valence-electron chi connectivity index (χ1n) is 23.0. The van der Waals surface area contributed by atoms with Crippen LogP contribution in [-0.2, 0) is 10.0 Å². The number of hydrogen-bond acceptors (Lipinski definition) is 13. The van der Waals surface area contributed by atoms with Crippen molar-refractivity contribution in [2.45, 2.75) is 63.4 Å². The molecule has 67 heavy (non-hydrogen) atoms. The van der Waals surface area contributed by atoms with Crippen LogP contribution in [-0.4, -0.2) is 129 Å². The molecule has 1 aliphatic carbocycles. The molecule has 2 aromatic heterocycles. The Balaban J connectivity index is 0.919. The lowest BCUT2D eigenvalue weighted by molar-refractivity contribution is -0.384. The van der Waals surface area contributed by atoms with Gasteiger partial charge in [-0.2, -0.15) is 0 Å². The van der Waals surface area contributed by atoms with E-state index in [0.29, 0.717) is 23.9 Å². The molecule has 3 aliphatic heterocycles. The highest BCUT2D eigenvalue weighted by Crippen LogP contribution is 2.44. The van der Waals surface area contributed by atoms with Crippen molar-refractivity contribution in [2.24, 2.45) is 5.41 Å². The smallest absolute Gasteiger partial charge is 0.297 e. The summed E-state index contributed by atoms with van der Waals surface area (Å²) in [6.07, 6.45) is 7.15. The van der Waals surface area contributed by atoms with Crippen LogP contribution in [0.15, 0.2) is 89.6 Å². The lowest BCUT2D eigenvalue weighted by Crippen LogP contribution is -2.50. The van der Waals surface area contributed by atoms with Gasteiger partial charge in [0.2, 0.25) is 0 Å². The van der Waals surface area contributed by atoms with E-state index in [2.05, 4.69) is 79.6 Å². The van der Waals surface area contributed by atoms with Crippen LogP contribution < -0.4 is 24.4 Å². The van der Waals surface area contributed by atoms with Crippen molar-refractivity contribution < 1.29 is 27.6 Å². The number of aromatic nitrogens is 2. The minimum Gasteiger partial charge on any atom is -0.489 e. The second kappa shape index (κ2) is 19.1. The van der Waals surface area contributed by atoms with Crippen LogP contribution in [0.4, 0.5) is 17.1 Å². The van der Waals surface area contributed by atoms with Crippen LogP contribution in [0, 0.1) is 15.5 Å². The number of hydrogen-bond donors (Lipinski definition) is 3. The van der Waals surface area contributed by atoms with Gasteiger partial charge in [0.15, 0.2) is 11.4 Å². The Labute approximate surface area is 396 Å². The fourth-order valence-corrected chi connectivity index (χ4v) is 10.7. The predicted molar refractivity (Wildman–Crippen MR) is 261 cm³/mol. The summed E-state index contributed by atoms with van der Waals surface area (Å²) >= 11 is 6.26. The van der Waals surface area contributed by atoms with E-state index in [9.17, 15) is 23.3 Å². The number of pyridine rings is 1. The highest BCUT2D eigenvalue weighted by atomic mass is 35.5. The minimum absolute atomic E-state index is 0.0222. The Hall–Kier alpha value is -5.72. The van der Waals surface area contributed by atoms with Crippen molar-refractivity contribution in [3.63, 3.8) is 0 Å². The van der Waals surface area contributed by atoms with E-state index in [1.54, 1.807) is 30.5 Å². The standard InChI is InChI=1S/C49H58ClN9O7S/c1-32-29-56(18-17-55(32)4)16-13-37-31-65-45-26-40(25-43(59(61)62)46(45)53-37)67(63,64)54-48(60)41-10-9-38(24-44(41)66-39-23-34-12-15-51-47(34)52-28-39)58-21-19-57(20-22-58)30-35-11-14-49(2,3)27-42(35)33-5-7-36(50)8-6-33/h5-10,12,15,23-26,28,32,37,53H,11,13-14,16-22,27,29-31H2,1-4H3,(H,51,52)(H,54,60)/t32-,37-/m1/s1. The Morgan fingerprint density at radius 3 is 2.57 bits per heavy atom. The van der Waals surface area contributed by atoms with Crippen molar-refractivity contribution >= 4 is 61.2 Å². The van der Waals surface area contributed by atoms with Gasteiger partial charge in [0, 0.05) is 105 Å². The molecule has 4 aliphatic rings. The van der Waals surface area contributed by atoms with E-state index >= 15 is 0 Å². The van der Waals surface area contributed by atoms with E-state index in [1.165, 1.54) is 29.0 Å². The average Bonchev–Trinajstić information content (AvgIpc) is 3.78. The lowest BCUT2D eigenvalue weighted by Gasteiger charge is -2.39. The lowest BCUT2D eigenvalue weighted by atomic mass is 9.72. The van der Waals surface area contributed by atoms with Gasteiger partial charge in [0.25, 0.3) is 21.6 Å². The van der Waals surface area contributed by atoms with E-state index in [1.807, 2.05) is 18.2 Å². The molecule has 0 spiro atoms. The first kappa shape index (κ1) is 46.4. The number of fused-ring (bicyclic) bond motifs is 2. The number of benzene rings is 3. The molecule has 354 valence electrons. The number of allylic oxidation sites excluding steroid dienone is 1. The number of nitro groups is 1. The normalized spacial score (nSPS) is 20.5. The number of piperazine rings is 2. The Kier molecular flexibility index (Phi) is 13.2. The number of rotatable bonds is 13. The van der Waals surface area contributed by atoms with E-state index in [-0.39, 0.29) is 40.8 Å². The first-order chi connectivity index (χ1) is 32.1. The largest absolute Gasteiger partial charge is 0.489 e. The maximum atomic E-state index is 14.1. The second-order valence-corrected chi connectivity index (χ2v) is 21.3. The number of nitro benzene ring substituents is 1. The summed E-state index contributed by atoms with van der Waals surface area (Å²) in [6.45, 7) is 14.6. The number of H-pyrrole nitrogens is 1. The number of amides is 1. The zero-order valence-electron chi connectivity index (χ0n) is 38.4. The first-order valence-corrected chi connectivity index (χ1v) is 24.8. The Bertz CT molecular complexity index is 2810. The molecule has 0 radical (unpaired) electrons. The summed E-state index contributed by atoms with van der Waals surface area (Å²) in [4.78, 5) is 42.3. The number of nitrogens with zero attached hydrogens (tertiary/aromatic N) is 6. The molecule has 18 heteroatoms. The molecular formula is C49H58ClN9O7S. The van der Waals surface area contributed by atoms with E-state index in [0.717, 1.165) is 100 Å². The number of ether oxygens (including phenoxy) is 2. The van der Waals surface area contributed by atoms with Crippen LogP contribution >= 0.6 is 11.6 Å². The molecule has 3 aromatic carbocycles. The number of nitrogens with one attached hydrogen (secondary N) is 3. The van der Waals surface area contributed by atoms with Crippen molar-refractivity contribution in [3.05, 3.63) is 111 Å². The molecule has 0 unspecified atom stereocenters. The van der Waals surface area contributed by atoms with Crippen LogP contribution in [0.1, 0.15) is 62.4 Å². The second-order valence-electron chi connectivity index (χ2n) is 19.1. The van der Waals surface area contributed by atoms with Gasteiger partial charge in [-0.15, -0.1) is 0 Å². The monoisotopic (exact) mass is 951 g/mol. The maximum Gasteiger partial charge on any atom is 0.297 e. The van der Waals surface area contributed by atoms with Gasteiger partial charge >= 0.3 is 0 Å². The number of anilines is 2. The summed E-state index contributed by atoms with van der Waals surface area (Å²) in [5.41, 5.74) is 5.37. The van der Waals surface area contributed by atoms with E-state index < -0.39 is 31.4 Å². The third-order valence-electron chi connectivity index (χ3n) is 13.8. The number of likely N-dealkylation sites (N-methyl/N-ethyl adjacent to an activating group) is 1. The number of carbonyl (C=O) groups excluding carboxylic acids is 1. The zero-order valence-corrected chi connectivity index (χ0v) is 40.0. The summed E-state index contributed by atoms with van der Waals surface area (Å²) < 4.78 is 42.4. The Morgan fingerprint density at radius 1 is 1.03 bits per heavy atom. The minimum atomic E-state index is -4.66. The quantitative estimate of drug-likeness (QED) is 0.0764. The van der Waals surface area contributed by atoms with Crippen LogP contribution in [0.5, 0.6) is 17.2 Å². The topological polar surface area (TPSA) is 179 Å². The van der Waals surface area contributed by atoms with Gasteiger partial charge in [-0.05, 0) is 92.6 Å². The molecule has 2 saturated heterocycles. The van der Waals surface area contributed by atoms with Gasteiger partial charge in [-0.3, -0.25) is 19.8 Å². The predicted octanol–water partition coefficient (Wildman–Crippen LogP) is 8.02. The van der Waals surface area contributed by atoms with Crippen molar-refractivity contribution in [3.8, 4) is 17.2 Å². The summed E-state index contributed by atoms with van der Waals surface area (Å²) in [5.74, 6) is -0.486. The number of aromatic amines is 1. The molecular weight excluding hydrogens is 894 g/mol. The molecule has 5 heterocycles. The molecule has 2 atom stereocenters. The summed E-state index contributed by atoms with van der Waals surface area (Å²) in [6, 6.07) is 19.2. The van der Waals surface area contributed by atoms with Crippen molar-refractivity contribution in [2.75, 3.05) is 82.8 Å². The Morgan fingerprint density at radius 2 is 1.81 bits per heavy atom. The average molecular weight is 953 g/mol. The van der Waals surface area contributed by atoms with Gasteiger partial charge < -0.3 is 34.5 Å². The van der Waals surface area contributed by atoms with Gasteiger partial charge in [-0.1, -0.05) is 43.2 Å².